The van der Waals surface area contributed by atoms with Gasteiger partial charge in [-0.15, -0.1) is 0 Å². The maximum atomic E-state index is 13.8. The van der Waals surface area contributed by atoms with Crippen molar-refractivity contribution in [3.05, 3.63) is 24.4 Å². The molecule has 0 aromatic carbocycles. The molecule has 1 fully saturated rings. The van der Waals surface area contributed by atoms with Crippen LogP contribution in [0.3, 0.4) is 0 Å². The summed E-state index contributed by atoms with van der Waals surface area (Å²) in [5.74, 6) is -3.53. The molecule has 0 spiro atoms. The Bertz CT molecular complexity index is 451. The lowest BCUT2D eigenvalue weighted by molar-refractivity contribution is -0.00530. The quantitative estimate of drug-likeness (QED) is 0.561. The lowest BCUT2D eigenvalue weighted by Crippen LogP contribution is -2.44. The number of hydrogen-bond acceptors (Lipinski definition) is 2. The second-order valence-corrected chi connectivity index (χ2v) is 8.35. The molecule has 1 heterocycles. The van der Waals surface area contributed by atoms with Crippen LogP contribution in [0.15, 0.2) is 29.4 Å². The molecule has 0 amide bonds. The average molecular weight is 326 g/mol. The molecule has 1 aliphatic rings. The molecule has 0 bridgehead atoms. The highest BCUT2D eigenvalue weighted by atomic mass is 35.5. The van der Waals surface area contributed by atoms with Crippen molar-refractivity contribution in [1.82, 2.24) is 4.98 Å². The number of aromatic nitrogens is 1. The van der Waals surface area contributed by atoms with Gasteiger partial charge in [-0.05, 0) is 32.4 Å². The number of thioether (sulfide) groups is 1. The molecule has 1 unspecified atom stereocenters. The normalized spacial score (nSPS) is 25.5. The molecule has 0 aliphatic heterocycles. The first-order valence-corrected chi connectivity index (χ1v) is 7.60. The fraction of sp³-hybridized carbons (Fsp3) is 0.615. The Morgan fingerprint density at radius 3 is 2.53 bits per heavy atom. The van der Waals surface area contributed by atoms with Crippen molar-refractivity contribution in [2.75, 3.05) is 0 Å². The molecular weight excluding hydrogens is 311 g/mol. The van der Waals surface area contributed by atoms with E-state index >= 15 is 0 Å². The summed E-state index contributed by atoms with van der Waals surface area (Å²) in [6.45, 7) is 3.77. The molecule has 1 nitrogen and oxygen atoms in total. The van der Waals surface area contributed by atoms with Crippen LogP contribution in [0, 0.1) is 5.92 Å². The van der Waals surface area contributed by atoms with Gasteiger partial charge in [0.15, 0.2) is 4.33 Å². The summed E-state index contributed by atoms with van der Waals surface area (Å²) in [4.78, 5) is 4.21. The zero-order valence-corrected chi connectivity index (χ0v) is 13.0. The van der Waals surface area contributed by atoms with E-state index in [2.05, 4.69) is 4.98 Å². The Labute approximate surface area is 126 Å². The zero-order valence-electron chi connectivity index (χ0n) is 10.7. The molecule has 1 aliphatic carbocycles. The predicted molar refractivity (Wildman–Crippen MR) is 76.3 cm³/mol. The van der Waals surface area contributed by atoms with Gasteiger partial charge >= 0.3 is 0 Å². The van der Waals surface area contributed by atoms with Crippen molar-refractivity contribution < 1.29 is 8.78 Å². The van der Waals surface area contributed by atoms with Crippen LogP contribution >= 0.6 is 35.0 Å². The predicted octanol–water partition coefficient (Wildman–Crippen LogP) is 5.17. The van der Waals surface area contributed by atoms with Gasteiger partial charge in [0.2, 0.25) is 0 Å². The van der Waals surface area contributed by atoms with Gasteiger partial charge < -0.3 is 0 Å². The van der Waals surface area contributed by atoms with E-state index in [0.717, 1.165) is 5.03 Å². The van der Waals surface area contributed by atoms with Crippen molar-refractivity contribution in [3.63, 3.8) is 0 Å². The third-order valence-electron chi connectivity index (χ3n) is 3.52. The topological polar surface area (TPSA) is 12.9 Å². The van der Waals surface area contributed by atoms with E-state index in [1.165, 1.54) is 11.8 Å². The van der Waals surface area contributed by atoms with Crippen molar-refractivity contribution in [1.29, 1.82) is 0 Å². The number of rotatable bonds is 3. The number of halogens is 4. The summed E-state index contributed by atoms with van der Waals surface area (Å²) in [6, 6.07) is 5.53. The Hall–Kier alpha value is -0.0600. The van der Waals surface area contributed by atoms with E-state index in [9.17, 15) is 8.78 Å². The molecule has 1 saturated carbocycles. The third-order valence-corrected chi connectivity index (χ3v) is 5.86. The lowest BCUT2D eigenvalue weighted by Gasteiger charge is -2.37. The molecule has 106 valence electrons. The monoisotopic (exact) mass is 325 g/mol. The smallest absolute Gasteiger partial charge is 0.250 e. The highest BCUT2D eigenvalue weighted by Crippen LogP contribution is 2.60. The maximum Gasteiger partial charge on any atom is 0.280 e. The van der Waals surface area contributed by atoms with Crippen LogP contribution in [0.4, 0.5) is 8.78 Å². The van der Waals surface area contributed by atoms with Crippen molar-refractivity contribution in [3.8, 4) is 0 Å². The van der Waals surface area contributed by atoms with Crippen LogP contribution in [0.25, 0.3) is 0 Å². The SMILES string of the molecule is CC(C)(Sc1ccccn1)C1CCC(F)(F)C1(Cl)Cl. The van der Waals surface area contributed by atoms with E-state index < -0.39 is 20.9 Å². The van der Waals surface area contributed by atoms with E-state index in [0.29, 0.717) is 6.42 Å². The second kappa shape index (κ2) is 5.05. The van der Waals surface area contributed by atoms with Gasteiger partial charge in [-0.2, -0.15) is 0 Å². The van der Waals surface area contributed by atoms with E-state index in [1.54, 1.807) is 6.20 Å². The molecule has 1 aromatic heterocycles. The molecule has 1 aromatic rings. The number of nitrogens with zero attached hydrogens (tertiary/aromatic N) is 1. The van der Waals surface area contributed by atoms with Gasteiger partial charge in [-0.1, -0.05) is 41.0 Å². The third kappa shape index (κ3) is 2.86. The molecule has 1 atom stereocenters. The van der Waals surface area contributed by atoms with E-state index in [1.807, 2.05) is 32.0 Å². The van der Waals surface area contributed by atoms with Crippen LogP contribution in [-0.2, 0) is 0 Å². The zero-order chi connectivity index (χ0) is 14.3. The second-order valence-electron chi connectivity index (χ2n) is 5.29. The highest BCUT2D eigenvalue weighted by Gasteiger charge is 2.64. The van der Waals surface area contributed by atoms with Crippen LogP contribution in [0.2, 0.25) is 0 Å². The molecular formula is C13H15Cl2F2NS. The fourth-order valence-electron chi connectivity index (χ4n) is 2.46. The summed E-state index contributed by atoms with van der Waals surface area (Å²) in [5, 5.41) is 0.784. The molecule has 0 radical (unpaired) electrons. The number of hydrogen-bond donors (Lipinski definition) is 0. The van der Waals surface area contributed by atoms with Gasteiger partial charge in [0.05, 0.1) is 5.03 Å². The van der Waals surface area contributed by atoms with Gasteiger partial charge in [0.1, 0.15) is 0 Å². The molecule has 6 heteroatoms. The Morgan fingerprint density at radius 1 is 1.37 bits per heavy atom. The Kier molecular flexibility index (Phi) is 4.07. The van der Waals surface area contributed by atoms with Gasteiger partial charge in [0, 0.05) is 23.3 Å². The van der Waals surface area contributed by atoms with Gasteiger partial charge in [0.25, 0.3) is 5.92 Å². The van der Waals surface area contributed by atoms with E-state index in [-0.39, 0.29) is 6.42 Å². The summed E-state index contributed by atoms with van der Waals surface area (Å²) < 4.78 is 25.0. The molecule has 2 rings (SSSR count). The molecule has 0 N–H and O–H groups in total. The first-order chi connectivity index (χ1) is 8.67. The van der Waals surface area contributed by atoms with E-state index in [4.69, 9.17) is 23.2 Å². The molecule has 19 heavy (non-hydrogen) atoms. The molecule has 0 saturated heterocycles. The lowest BCUT2D eigenvalue weighted by atomic mass is 9.92. The number of pyridine rings is 1. The largest absolute Gasteiger partial charge is 0.280 e. The van der Waals surface area contributed by atoms with Gasteiger partial charge in [-0.25, -0.2) is 13.8 Å². The van der Waals surface area contributed by atoms with Crippen LogP contribution in [0.5, 0.6) is 0 Å². The summed E-state index contributed by atoms with van der Waals surface area (Å²) >= 11 is 13.3. The van der Waals surface area contributed by atoms with Crippen molar-refractivity contribution in [2.24, 2.45) is 5.92 Å². The summed E-state index contributed by atoms with van der Waals surface area (Å²) in [6.07, 6.45) is 1.72. The Balaban J connectivity index is 2.21. The van der Waals surface area contributed by atoms with Crippen LogP contribution in [0.1, 0.15) is 26.7 Å². The minimum Gasteiger partial charge on any atom is -0.250 e. The van der Waals surface area contributed by atoms with Crippen LogP contribution in [-0.4, -0.2) is 20.0 Å². The minimum atomic E-state index is -3.04. The minimum absolute atomic E-state index is 0.267. The summed E-state index contributed by atoms with van der Waals surface area (Å²) in [7, 11) is 0. The summed E-state index contributed by atoms with van der Waals surface area (Å²) in [5.41, 5.74) is 0. The standard InChI is InChI=1S/C13H15Cl2F2NS/c1-11(2,19-10-5-3-4-8-18-10)9-6-7-12(16,17)13(9,14)15/h3-5,8-9H,6-7H2,1-2H3. The highest BCUT2D eigenvalue weighted by molar-refractivity contribution is 8.00. The Morgan fingerprint density at radius 2 is 2.05 bits per heavy atom. The average Bonchev–Trinajstić information content (AvgIpc) is 2.49. The first-order valence-electron chi connectivity index (χ1n) is 6.02. The number of alkyl halides is 4. The van der Waals surface area contributed by atoms with Gasteiger partial charge in [-0.3, -0.25) is 0 Å². The maximum absolute atomic E-state index is 13.8. The first kappa shape index (κ1) is 15.3. The fourth-order valence-corrected chi connectivity index (χ4v) is 4.78. The van der Waals surface area contributed by atoms with Crippen molar-refractivity contribution >= 4 is 35.0 Å². The van der Waals surface area contributed by atoms with Crippen LogP contribution < -0.4 is 0 Å². The van der Waals surface area contributed by atoms with Crippen molar-refractivity contribution in [2.45, 2.75) is 46.7 Å².